The highest BCUT2D eigenvalue weighted by atomic mass is 35.5. The predicted molar refractivity (Wildman–Crippen MR) is 71.9 cm³/mol. The third-order valence-corrected chi connectivity index (χ3v) is 3.61. The number of hydrogen-bond donors (Lipinski definition) is 0. The lowest BCUT2D eigenvalue weighted by molar-refractivity contribution is 1.61. The molecule has 0 spiro atoms. The van der Waals surface area contributed by atoms with Crippen LogP contribution >= 0.6 is 46.4 Å². The van der Waals surface area contributed by atoms with Gasteiger partial charge in [-0.05, 0) is 35.4 Å². The monoisotopic (exact) mass is 302 g/mol. The number of halogens is 4. The molecule has 0 heterocycles. The molecule has 0 atom stereocenters. The summed E-state index contributed by atoms with van der Waals surface area (Å²) in [5.74, 6) is 0. The molecule has 82 valence electrons. The summed E-state index contributed by atoms with van der Waals surface area (Å²) in [7, 11) is 0. The van der Waals surface area contributed by atoms with E-state index in [1.807, 2.05) is 24.3 Å². The molecule has 0 N–H and O–H groups in total. The minimum atomic E-state index is 0.376. The van der Waals surface area contributed by atoms with E-state index in [-0.39, 0.29) is 0 Å². The smallest absolute Gasteiger partial charge is 0.0778 e. The third-order valence-electron chi connectivity index (χ3n) is 2.16. The molecule has 0 unspecified atom stereocenters. The SMILES string of the molecule is Cl[13c]1[13cH][13cH][13c](-[13c]2[13cH][13c](Cl)[13c](Cl)[13c](Cl)[13cH]2)[13cH][13cH]1. The van der Waals surface area contributed by atoms with Crippen molar-refractivity contribution >= 4 is 46.4 Å². The van der Waals surface area contributed by atoms with Crippen LogP contribution in [0.1, 0.15) is 0 Å². The van der Waals surface area contributed by atoms with E-state index in [1.165, 1.54) is 0 Å². The Morgan fingerprint density at radius 2 is 1.12 bits per heavy atom. The van der Waals surface area contributed by atoms with Gasteiger partial charge in [0.15, 0.2) is 0 Å². The van der Waals surface area contributed by atoms with Crippen LogP contribution in [0.3, 0.4) is 0 Å². The molecular formula is C12H6Cl4. The molecule has 2 rings (SSSR count). The number of hydrogen-bond acceptors (Lipinski definition) is 0. The van der Waals surface area contributed by atoms with Crippen LogP contribution in [-0.2, 0) is 0 Å². The third kappa shape index (κ3) is 2.46. The molecule has 2 aromatic carbocycles. The van der Waals surface area contributed by atoms with E-state index in [0.717, 1.165) is 11.1 Å². The largest absolute Gasteiger partial charge is 0.0843 e. The Morgan fingerprint density at radius 1 is 0.625 bits per heavy atom. The molecule has 0 aliphatic rings. The van der Waals surface area contributed by atoms with Crippen LogP contribution < -0.4 is 0 Å². The molecule has 4 heteroatoms. The van der Waals surface area contributed by atoms with Crippen molar-refractivity contribution < 1.29 is 0 Å². The average Bonchev–Trinajstić information content (AvgIpc) is 2.26. The maximum atomic E-state index is 5.96. The van der Waals surface area contributed by atoms with Crippen LogP contribution in [0.25, 0.3) is 11.1 Å². The van der Waals surface area contributed by atoms with Crippen LogP contribution in [0.15, 0.2) is 36.4 Å². The summed E-state index contributed by atoms with van der Waals surface area (Å²) in [6, 6.07) is 11.0. The van der Waals surface area contributed by atoms with Gasteiger partial charge in [-0.25, -0.2) is 0 Å². The molecule has 0 aliphatic carbocycles. The first kappa shape index (κ1) is 12.1. The molecule has 0 radical (unpaired) electrons. The van der Waals surface area contributed by atoms with Gasteiger partial charge in [0, 0.05) is 5.02 Å². The lowest BCUT2D eigenvalue weighted by Gasteiger charge is -2.05. The lowest BCUT2D eigenvalue weighted by Crippen LogP contribution is -1.80. The van der Waals surface area contributed by atoms with E-state index in [0.29, 0.717) is 20.1 Å². The van der Waals surface area contributed by atoms with E-state index < -0.39 is 0 Å². The summed E-state index contributed by atoms with van der Waals surface area (Å²) in [5, 5.41) is 1.95. The molecule has 2 aromatic rings. The maximum Gasteiger partial charge on any atom is 0.0778 e. The molecular weight excluding hydrogens is 298 g/mol. The Morgan fingerprint density at radius 3 is 1.62 bits per heavy atom. The van der Waals surface area contributed by atoms with Gasteiger partial charge in [-0.2, -0.15) is 0 Å². The Kier molecular flexibility index (Phi) is 3.66. The van der Waals surface area contributed by atoms with E-state index >= 15 is 0 Å². The first-order chi connectivity index (χ1) is 7.58. The van der Waals surface area contributed by atoms with Crippen molar-refractivity contribution in [2.45, 2.75) is 0 Å². The maximum absolute atomic E-state index is 5.96. The van der Waals surface area contributed by atoms with Crippen LogP contribution in [-0.4, -0.2) is 0 Å². The van der Waals surface area contributed by atoms with Gasteiger partial charge in [0.25, 0.3) is 0 Å². The van der Waals surface area contributed by atoms with E-state index in [1.54, 1.807) is 12.1 Å². The number of rotatable bonds is 1. The Hall–Kier alpha value is -0.400. The van der Waals surface area contributed by atoms with Crippen LogP contribution in [0.4, 0.5) is 0 Å². The zero-order valence-electron chi connectivity index (χ0n) is 7.98. The van der Waals surface area contributed by atoms with E-state index in [9.17, 15) is 0 Å². The predicted octanol–water partition coefficient (Wildman–Crippen LogP) is 5.97. The van der Waals surface area contributed by atoms with Crippen molar-refractivity contribution in [3.63, 3.8) is 0 Å². The van der Waals surface area contributed by atoms with Crippen molar-refractivity contribution in [1.82, 2.24) is 0 Å². The van der Waals surface area contributed by atoms with Gasteiger partial charge in [-0.15, -0.1) is 0 Å². The van der Waals surface area contributed by atoms with Gasteiger partial charge in [-0.1, -0.05) is 58.5 Å². The molecule has 0 aliphatic heterocycles. The fourth-order valence-corrected chi connectivity index (χ4v) is 2.09. The standard InChI is InChI=1S/C12H6Cl4/c13-9-3-1-7(2-4-9)8-5-10(14)12(16)11(15)6-8/h1-6H/i1+1,2+1,3+1,4+1,5+1,6+1,7+1,8+1,9+1,10+1,11+1,12+1. The van der Waals surface area contributed by atoms with E-state index in [4.69, 9.17) is 46.4 Å². The molecule has 0 fully saturated rings. The minimum absolute atomic E-state index is 0.376. The van der Waals surface area contributed by atoms with Gasteiger partial charge in [0.05, 0.1) is 15.1 Å². The van der Waals surface area contributed by atoms with Gasteiger partial charge in [-0.3, -0.25) is 0 Å². The topological polar surface area (TPSA) is 0 Å². The van der Waals surface area contributed by atoms with Gasteiger partial charge >= 0.3 is 0 Å². The summed E-state index contributed by atoms with van der Waals surface area (Å²) in [6.07, 6.45) is 0. The Balaban J connectivity index is 2.52. The van der Waals surface area contributed by atoms with Gasteiger partial charge in [0.1, 0.15) is 0 Å². The quantitative estimate of drug-likeness (QED) is 0.570. The summed E-state index contributed by atoms with van der Waals surface area (Å²) in [4.78, 5) is 0. The summed E-state index contributed by atoms with van der Waals surface area (Å²) >= 11 is 23.6. The van der Waals surface area contributed by atoms with Crippen molar-refractivity contribution in [3.8, 4) is 11.1 Å². The minimum Gasteiger partial charge on any atom is -0.0843 e. The molecule has 0 amide bonds. The first-order valence-electron chi connectivity index (χ1n) is 4.48. The van der Waals surface area contributed by atoms with Crippen LogP contribution in [0.5, 0.6) is 0 Å². The molecule has 0 bridgehead atoms. The normalized spacial score (nSPS) is 10.5. The van der Waals surface area contributed by atoms with Crippen molar-refractivity contribution in [3.05, 3.63) is 56.5 Å². The molecule has 0 nitrogen and oxygen atoms in total. The van der Waals surface area contributed by atoms with Gasteiger partial charge < -0.3 is 0 Å². The highest BCUT2D eigenvalue weighted by molar-refractivity contribution is 6.48. The molecule has 0 saturated carbocycles. The number of benzene rings is 2. The Labute approximate surface area is 114 Å². The fraction of sp³-hybridized carbons (Fsp3) is 0. The molecule has 0 aromatic heterocycles. The summed E-state index contributed by atoms with van der Waals surface area (Å²) < 4.78 is 0. The van der Waals surface area contributed by atoms with Gasteiger partial charge in [0.2, 0.25) is 0 Å². The second-order valence-corrected chi connectivity index (χ2v) is 4.89. The second-order valence-electron chi connectivity index (χ2n) is 3.26. The first-order valence-corrected chi connectivity index (χ1v) is 5.99. The molecule has 0 saturated heterocycles. The average molecular weight is 304 g/mol. The highest BCUT2D eigenvalue weighted by Crippen LogP contribution is 2.35. The lowest BCUT2D eigenvalue weighted by atomic mass is 11.1. The fourth-order valence-electron chi connectivity index (χ4n) is 1.36. The summed E-state index contributed by atoms with van der Waals surface area (Å²) in [6.45, 7) is 0. The van der Waals surface area contributed by atoms with Crippen molar-refractivity contribution in [1.29, 1.82) is 0 Å². The molecule has 16 heavy (non-hydrogen) atoms. The zero-order valence-corrected chi connectivity index (χ0v) is 11.0. The second kappa shape index (κ2) is 4.85. The summed E-state index contributed by atoms with van der Waals surface area (Å²) in [5.41, 5.74) is 1.90. The Bertz CT molecular complexity index is 494. The van der Waals surface area contributed by atoms with Crippen LogP contribution in [0.2, 0.25) is 20.1 Å². The van der Waals surface area contributed by atoms with Crippen LogP contribution in [0, 0.1) is 0 Å². The van der Waals surface area contributed by atoms with E-state index in [2.05, 4.69) is 0 Å². The van der Waals surface area contributed by atoms with Crippen molar-refractivity contribution in [2.24, 2.45) is 0 Å². The zero-order chi connectivity index (χ0) is 11.7. The van der Waals surface area contributed by atoms with Crippen molar-refractivity contribution in [2.75, 3.05) is 0 Å². The highest BCUT2D eigenvalue weighted by Gasteiger charge is 2.07.